The van der Waals surface area contributed by atoms with Gasteiger partial charge in [-0.3, -0.25) is 14.4 Å². The lowest BCUT2D eigenvalue weighted by atomic mass is 9.85. The second-order valence-corrected chi connectivity index (χ2v) is 7.88. The number of imide groups is 1. The van der Waals surface area contributed by atoms with Crippen LogP contribution < -0.4 is 0 Å². The molecule has 0 unspecified atom stereocenters. The summed E-state index contributed by atoms with van der Waals surface area (Å²) >= 11 is 0. The van der Waals surface area contributed by atoms with Crippen LogP contribution in [0.3, 0.4) is 0 Å². The van der Waals surface area contributed by atoms with E-state index in [1.54, 1.807) is 0 Å². The molecule has 0 aromatic heterocycles. The average molecular weight is 315 g/mol. The van der Waals surface area contributed by atoms with E-state index < -0.39 is 5.41 Å². The number of carbonyl (C=O) groups excluding carboxylic acids is 2. The van der Waals surface area contributed by atoms with Crippen LogP contribution in [0.5, 0.6) is 0 Å². The van der Waals surface area contributed by atoms with Crippen molar-refractivity contribution in [3.05, 3.63) is 35.4 Å². The number of nitrogens with zero attached hydrogens (tertiary/aromatic N) is 1. The Hall–Kier alpha value is -1.68. The highest BCUT2D eigenvalue weighted by molar-refractivity contribution is 6.04. The van der Waals surface area contributed by atoms with E-state index >= 15 is 0 Å². The molecule has 2 fully saturated rings. The molecule has 1 saturated carbocycles. The van der Waals surface area contributed by atoms with Crippen LogP contribution in [0.1, 0.15) is 64.0 Å². The number of amides is 2. The summed E-state index contributed by atoms with van der Waals surface area (Å²) in [6.07, 6.45) is 4.01. The lowest BCUT2D eigenvalue weighted by molar-refractivity contribution is -0.194. The molecule has 4 heteroatoms. The normalized spacial score (nSPS) is 20.7. The van der Waals surface area contributed by atoms with Crippen LogP contribution in [0.4, 0.5) is 0 Å². The van der Waals surface area contributed by atoms with E-state index in [4.69, 9.17) is 4.84 Å². The topological polar surface area (TPSA) is 46.6 Å². The Morgan fingerprint density at radius 2 is 1.70 bits per heavy atom. The Morgan fingerprint density at radius 1 is 1.09 bits per heavy atom. The number of rotatable bonds is 3. The first-order chi connectivity index (χ1) is 10.8. The summed E-state index contributed by atoms with van der Waals surface area (Å²) in [5.41, 5.74) is 1.85. The smallest absolute Gasteiger partial charge is 0.260 e. The molecule has 1 aromatic carbocycles. The first kappa shape index (κ1) is 16.2. The first-order valence-electron chi connectivity index (χ1n) is 8.42. The van der Waals surface area contributed by atoms with Crippen molar-refractivity contribution in [2.75, 3.05) is 0 Å². The van der Waals surface area contributed by atoms with Crippen molar-refractivity contribution in [2.45, 2.75) is 64.9 Å². The third kappa shape index (κ3) is 3.05. The van der Waals surface area contributed by atoms with Gasteiger partial charge in [-0.1, -0.05) is 57.9 Å². The van der Waals surface area contributed by atoms with Crippen molar-refractivity contribution < 1.29 is 14.4 Å². The average Bonchev–Trinajstić information content (AvgIpc) is 3.04. The monoisotopic (exact) mass is 315 g/mol. The Labute approximate surface area is 137 Å². The van der Waals surface area contributed by atoms with Crippen molar-refractivity contribution in [3.8, 4) is 0 Å². The van der Waals surface area contributed by atoms with E-state index in [-0.39, 0.29) is 23.8 Å². The second kappa shape index (κ2) is 5.75. The SMILES string of the molecule is CC(C)(C)c1ccc(CON2C(=O)CC3(CCCC3)C2=O)cc1. The van der Waals surface area contributed by atoms with Crippen LogP contribution in [0.25, 0.3) is 0 Å². The van der Waals surface area contributed by atoms with Gasteiger partial charge in [0.1, 0.15) is 6.61 Å². The fourth-order valence-electron chi connectivity index (χ4n) is 3.58. The van der Waals surface area contributed by atoms with E-state index in [2.05, 4.69) is 32.9 Å². The lowest BCUT2D eigenvalue weighted by Gasteiger charge is -2.21. The minimum atomic E-state index is -0.465. The molecule has 1 aromatic rings. The van der Waals surface area contributed by atoms with Crippen LogP contribution in [-0.2, 0) is 26.4 Å². The zero-order valence-corrected chi connectivity index (χ0v) is 14.2. The molecule has 2 amide bonds. The Balaban J connectivity index is 1.64. The maximum Gasteiger partial charge on any atom is 0.260 e. The molecule has 1 aliphatic carbocycles. The molecule has 0 bridgehead atoms. The molecule has 4 nitrogen and oxygen atoms in total. The molecule has 23 heavy (non-hydrogen) atoms. The summed E-state index contributed by atoms with van der Waals surface area (Å²) in [4.78, 5) is 30.2. The Morgan fingerprint density at radius 3 is 2.26 bits per heavy atom. The largest absolute Gasteiger partial charge is 0.272 e. The van der Waals surface area contributed by atoms with Crippen molar-refractivity contribution in [2.24, 2.45) is 5.41 Å². The maximum atomic E-state index is 12.5. The van der Waals surface area contributed by atoms with Gasteiger partial charge in [-0.2, -0.15) is 5.06 Å². The van der Waals surface area contributed by atoms with E-state index in [0.717, 1.165) is 36.3 Å². The fraction of sp³-hybridized carbons (Fsp3) is 0.579. The molecule has 1 saturated heterocycles. The standard InChI is InChI=1S/C19H25NO3/c1-18(2,3)15-8-6-14(7-9-15)13-23-20-16(21)12-19(17(20)22)10-4-5-11-19/h6-9H,4-5,10-13H2,1-3H3. The molecule has 0 atom stereocenters. The van der Waals surface area contributed by atoms with E-state index in [0.29, 0.717) is 6.42 Å². The molecule has 1 aliphatic heterocycles. The van der Waals surface area contributed by atoms with Gasteiger partial charge in [-0.25, -0.2) is 0 Å². The van der Waals surface area contributed by atoms with Crippen LogP contribution >= 0.6 is 0 Å². The highest BCUT2D eigenvalue weighted by atomic mass is 16.7. The molecular formula is C19H25NO3. The molecule has 124 valence electrons. The van der Waals surface area contributed by atoms with Gasteiger partial charge in [0.05, 0.1) is 5.41 Å². The quantitative estimate of drug-likeness (QED) is 0.798. The second-order valence-electron chi connectivity index (χ2n) is 7.88. The lowest BCUT2D eigenvalue weighted by Crippen LogP contribution is -2.34. The highest BCUT2D eigenvalue weighted by Gasteiger charge is 2.53. The van der Waals surface area contributed by atoms with Gasteiger partial charge in [0.25, 0.3) is 11.8 Å². The molecular weight excluding hydrogens is 290 g/mol. The van der Waals surface area contributed by atoms with Crippen molar-refractivity contribution >= 4 is 11.8 Å². The minimum absolute atomic E-state index is 0.106. The van der Waals surface area contributed by atoms with E-state index in [1.165, 1.54) is 5.56 Å². The van der Waals surface area contributed by atoms with Gasteiger partial charge in [0.15, 0.2) is 0 Å². The molecule has 0 radical (unpaired) electrons. The summed E-state index contributed by atoms with van der Waals surface area (Å²) < 4.78 is 0. The third-order valence-corrected chi connectivity index (χ3v) is 5.10. The molecule has 3 rings (SSSR count). The third-order valence-electron chi connectivity index (χ3n) is 5.10. The predicted octanol–water partition coefficient (Wildman–Crippen LogP) is 3.74. The molecule has 0 N–H and O–H groups in total. The van der Waals surface area contributed by atoms with Gasteiger partial charge in [0.2, 0.25) is 0 Å². The predicted molar refractivity (Wildman–Crippen MR) is 87.3 cm³/mol. The zero-order chi connectivity index (χ0) is 16.7. The molecule has 2 aliphatic rings. The van der Waals surface area contributed by atoms with Gasteiger partial charge < -0.3 is 0 Å². The zero-order valence-electron chi connectivity index (χ0n) is 14.2. The summed E-state index contributed by atoms with van der Waals surface area (Å²) in [6.45, 7) is 6.75. The van der Waals surface area contributed by atoms with Gasteiger partial charge in [-0.15, -0.1) is 0 Å². The molecule has 1 spiro atoms. The fourth-order valence-corrected chi connectivity index (χ4v) is 3.58. The maximum absolute atomic E-state index is 12.5. The van der Waals surface area contributed by atoms with E-state index in [9.17, 15) is 9.59 Å². The molecule has 1 heterocycles. The van der Waals surface area contributed by atoms with Crippen molar-refractivity contribution in [1.82, 2.24) is 5.06 Å². The highest BCUT2D eigenvalue weighted by Crippen LogP contribution is 2.46. The summed E-state index contributed by atoms with van der Waals surface area (Å²) in [5, 5.41) is 1.02. The van der Waals surface area contributed by atoms with Crippen LogP contribution in [-0.4, -0.2) is 16.9 Å². The van der Waals surface area contributed by atoms with Crippen molar-refractivity contribution in [3.63, 3.8) is 0 Å². The number of carbonyl (C=O) groups is 2. The summed E-state index contributed by atoms with van der Waals surface area (Å²) in [7, 11) is 0. The van der Waals surface area contributed by atoms with Crippen LogP contribution in [0, 0.1) is 5.41 Å². The number of hydrogen-bond donors (Lipinski definition) is 0. The van der Waals surface area contributed by atoms with Crippen LogP contribution in [0.2, 0.25) is 0 Å². The summed E-state index contributed by atoms with van der Waals surface area (Å²) in [5.74, 6) is -0.325. The first-order valence-corrected chi connectivity index (χ1v) is 8.42. The number of hydroxylamine groups is 2. The number of hydrogen-bond acceptors (Lipinski definition) is 3. The van der Waals surface area contributed by atoms with Gasteiger partial charge in [0, 0.05) is 6.42 Å². The van der Waals surface area contributed by atoms with Gasteiger partial charge in [-0.05, 0) is 29.4 Å². The number of benzene rings is 1. The van der Waals surface area contributed by atoms with E-state index in [1.807, 2.05) is 12.1 Å². The van der Waals surface area contributed by atoms with Crippen LogP contribution in [0.15, 0.2) is 24.3 Å². The van der Waals surface area contributed by atoms with Gasteiger partial charge >= 0.3 is 0 Å². The Bertz CT molecular complexity index is 606. The Kier molecular flexibility index (Phi) is 4.05. The van der Waals surface area contributed by atoms with Crippen molar-refractivity contribution in [1.29, 1.82) is 0 Å². The minimum Gasteiger partial charge on any atom is -0.272 e. The summed E-state index contributed by atoms with van der Waals surface area (Å²) in [6, 6.07) is 8.14.